The molecule has 218 valence electrons. The van der Waals surface area contributed by atoms with Gasteiger partial charge in [-0.3, -0.25) is 9.52 Å². The van der Waals surface area contributed by atoms with Crippen LogP contribution in [-0.4, -0.2) is 46.9 Å². The van der Waals surface area contributed by atoms with Crippen LogP contribution in [-0.2, 0) is 21.5 Å². The molecule has 6 rings (SSSR count). The Bertz CT molecular complexity index is 1520. The Labute approximate surface area is 248 Å². The summed E-state index contributed by atoms with van der Waals surface area (Å²) in [4.78, 5) is 16.2. The van der Waals surface area contributed by atoms with E-state index in [1.54, 1.807) is 6.07 Å². The van der Waals surface area contributed by atoms with Crippen LogP contribution in [0.5, 0.6) is 5.75 Å². The van der Waals surface area contributed by atoms with Crippen LogP contribution in [0.15, 0.2) is 60.0 Å². The average molecular weight is 595 g/mol. The first kappa shape index (κ1) is 28.4. The van der Waals surface area contributed by atoms with Gasteiger partial charge in [0.1, 0.15) is 5.75 Å². The fraction of sp³-hybridized carbons (Fsp3) is 0.455. The van der Waals surface area contributed by atoms with Crippen LogP contribution < -0.4 is 14.4 Å². The van der Waals surface area contributed by atoms with E-state index in [-0.39, 0.29) is 17.3 Å². The van der Waals surface area contributed by atoms with E-state index in [9.17, 15) is 14.1 Å². The highest BCUT2D eigenvalue weighted by Crippen LogP contribution is 2.46. The summed E-state index contributed by atoms with van der Waals surface area (Å²) in [6.07, 6.45) is 8.86. The van der Waals surface area contributed by atoms with Gasteiger partial charge in [0, 0.05) is 34.0 Å². The van der Waals surface area contributed by atoms with Gasteiger partial charge in [-0.25, -0.2) is 4.21 Å². The van der Waals surface area contributed by atoms with E-state index in [1.807, 2.05) is 37.3 Å². The minimum Gasteiger partial charge on any atom is -0.490 e. The zero-order valence-electron chi connectivity index (χ0n) is 23.6. The summed E-state index contributed by atoms with van der Waals surface area (Å²) in [6.45, 7) is 7.95. The van der Waals surface area contributed by atoms with E-state index < -0.39 is 21.7 Å². The molecular weight excluding hydrogens is 556 g/mol. The largest absolute Gasteiger partial charge is 0.490 e. The van der Waals surface area contributed by atoms with Crippen molar-refractivity contribution < 1.29 is 18.8 Å². The molecule has 0 saturated heterocycles. The molecule has 0 radical (unpaired) electrons. The molecule has 6 atom stereocenters. The molecule has 1 saturated carbocycles. The van der Waals surface area contributed by atoms with Crippen LogP contribution in [0.25, 0.3) is 0 Å². The van der Waals surface area contributed by atoms with Crippen LogP contribution in [0.3, 0.4) is 0 Å². The number of nitrogens with zero attached hydrogens (tertiary/aromatic N) is 1. The van der Waals surface area contributed by atoms with Crippen LogP contribution >= 0.6 is 11.6 Å². The number of hydrogen-bond donors (Lipinski definition) is 2. The SMILES string of the molecule is C=C1[C@@H](C)C/C=C/[C@H](O)[C@@H]2CC[C@H]2CN2C[C@@]3(CCCc4cc(Cl)ccc43)COc3ccc(cc32)C(=O)NS1(=C)=O. The van der Waals surface area contributed by atoms with Crippen molar-refractivity contribution in [2.45, 2.75) is 57.0 Å². The molecule has 6 nitrogen and oxygen atoms in total. The predicted octanol–water partition coefficient (Wildman–Crippen LogP) is 5.67. The third-order valence-electron chi connectivity index (χ3n) is 9.72. The van der Waals surface area contributed by atoms with Gasteiger partial charge in [0.25, 0.3) is 5.91 Å². The molecule has 2 aromatic rings. The number of carbonyl (C=O) groups excluding carboxylic acids is 1. The number of aliphatic hydroxyl groups is 1. The number of aryl methyl sites for hydroxylation is 1. The number of aliphatic hydroxyl groups excluding tert-OH is 1. The lowest BCUT2D eigenvalue weighted by molar-refractivity contribution is 0.0456. The summed E-state index contributed by atoms with van der Waals surface area (Å²) in [5, 5.41) is 11.9. The van der Waals surface area contributed by atoms with Crippen LogP contribution in [0, 0.1) is 17.8 Å². The second-order valence-electron chi connectivity index (χ2n) is 12.4. The van der Waals surface area contributed by atoms with Crippen molar-refractivity contribution in [2.24, 2.45) is 17.8 Å². The number of hydrogen-bond acceptors (Lipinski definition) is 5. The van der Waals surface area contributed by atoms with E-state index in [0.717, 1.165) is 61.7 Å². The topological polar surface area (TPSA) is 78.9 Å². The molecule has 41 heavy (non-hydrogen) atoms. The number of ether oxygens (including phenoxy) is 1. The van der Waals surface area contributed by atoms with Gasteiger partial charge in [-0.15, -0.1) is 0 Å². The van der Waals surface area contributed by atoms with Crippen molar-refractivity contribution in [2.75, 3.05) is 24.6 Å². The quantitative estimate of drug-likeness (QED) is 0.303. The molecule has 1 amide bonds. The Balaban J connectivity index is 1.43. The van der Waals surface area contributed by atoms with E-state index in [2.05, 4.69) is 34.2 Å². The van der Waals surface area contributed by atoms with Crippen molar-refractivity contribution in [3.8, 4) is 5.75 Å². The first-order valence-electron chi connectivity index (χ1n) is 14.6. The number of rotatable bonds is 0. The number of nitrogens with one attached hydrogen (secondary N) is 1. The number of allylic oxidation sites excluding steroid dienone is 2. The molecule has 8 heteroatoms. The number of amides is 1. The van der Waals surface area contributed by atoms with Gasteiger partial charge < -0.3 is 14.7 Å². The second-order valence-corrected chi connectivity index (χ2v) is 14.9. The third-order valence-corrected chi connectivity index (χ3v) is 11.7. The van der Waals surface area contributed by atoms with E-state index in [1.165, 1.54) is 11.1 Å². The molecule has 0 aromatic heterocycles. The molecule has 1 fully saturated rings. The Hall–Kier alpha value is -2.74. The zero-order valence-corrected chi connectivity index (χ0v) is 25.2. The molecule has 2 aliphatic carbocycles. The average Bonchev–Trinajstić information content (AvgIpc) is 3.06. The molecule has 2 N–H and O–H groups in total. The van der Waals surface area contributed by atoms with E-state index >= 15 is 0 Å². The second kappa shape index (κ2) is 10.8. The summed E-state index contributed by atoms with van der Waals surface area (Å²) in [5.41, 5.74) is 3.57. The Morgan fingerprint density at radius 1 is 1.22 bits per heavy atom. The maximum atomic E-state index is 13.5. The van der Waals surface area contributed by atoms with Gasteiger partial charge in [0.15, 0.2) is 0 Å². The van der Waals surface area contributed by atoms with Gasteiger partial charge in [-0.2, -0.15) is 0 Å². The fourth-order valence-corrected chi connectivity index (χ4v) is 8.59. The predicted molar refractivity (Wildman–Crippen MR) is 167 cm³/mol. The molecule has 2 aromatic carbocycles. The number of benzene rings is 2. The van der Waals surface area contributed by atoms with E-state index in [0.29, 0.717) is 29.4 Å². The highest BCUT2D eigenvalue weighted by atomic mass is 35.5. The lowest BCUT2D eigenvalue weighted by atomic mass is 9.68. The summed E-state index contributed by atoms with van der Waals surface area (Å²) in [7, 11) is -3.10. The number of fused-ring (bicyclic) bond motifs is 4. The standard InChI is InChI=1S/C33H39ClN2O4S/c1-21-6-4-8-30(37)27-12-9-25(27)18-36-19-33(15-5-7-23-16-26(34)11-13-28(23)33)20-40-31-14-10-24(17-29(31)36)32(38)35-41(3,39)22(21)2/h4,8,10-11,13-14,16-17,21,25,27,30,37H,2-3,5-7,9,12,15,18-20H2,1H3,(H,35,38,39)/b8-4+/t21-,25-,27+,30-,33-,41?/m0/s1. The van der Waals surface area contributed by atoms with Crippen molar-refractivity contribution in [3.63, 3.8) is 0 Å². The van der Waals surface area contributed by atoms with Crippen LogP contribution in [0.1, 0.15) is 60.5 Å². The Kier molecular flexibility index (Phi) is 7.50. The van der Waals surface area contributed by atoms with Crippen LogP contribution in [0.4, 0.5) is 5.69 Å². The summed E-state index contributed by atoms with van der Waals surface area (Å²) >= 11 is 6.39. The minimum absolute atomic E-state index is 0.155. The zero-order chi connectivity index (χ0) is 28.9. The first-order valence-corrected chi connectivity index (χ1v) is 16.7. The summed E-state index contributed by atoms with van der Waals surface area (Å²) in [5.74, 6) is 4.41. The minimum atomic E-state index is -3.10. The highest BCUT2D eigenvalue weighted by molar-refractivity contribution is 8.02. The van der Waals surface area contributed by atoms with Gasteiger partial charge in [0.2, 0.25) is 0 Å². The van der Waals surface area contributed by atoms with E-state index in [4.69, 9.17) is 16.3 Å². The number of carbonyl (C=O) groups is 1. The van der Waals surface area contributed by atoms with Gasteiger partial charge in [-0.1, -0.05) is 43.3 Å². The van der Waals surface area contributed by atoms with Crippen molar-refractivity contribution in [1.82, 2.24) is 4.72 Å². The van der Waals surface area contributed by atoms with Crippen molar-refractivity contribution >= 4 is 38.8 Å². The number of halogens is 1. The highest BCUT2D eigenvalue weighted by Gasteiger charge is 2.44. The smallest absolute Gasteiger partial charge is 0.262 e. The lowest BCUT2D eigenvalue weighted by Gasteiger charge is -2.45. The Morgan fingerprint density at radius 2 is 2.05 bits per heavy atom. The van der Waals surface area contributed by atoms with Gasteiger partial charge >= 0.3 is 0 Å². The third kappa shape index (κ3) is 5.33. The molecule has 4 aliphatic rings. The molecule has 2 bridgehead atoms. The molecular formula is C33H39ClN2O4S. The Morgan fingerprint density at radius 3 is 2.83 bits per heavy atom. The monoisotopic (exact) mass is 594 g/mol. The molecule has 2 aliphatic heterocycles. The normalized spacial score (nSPS) is 34.4. The van der Waals surface area contributed by atoms with Gasteiger partial charge in [-0.05, 0) is 104 Å². The first-order chi connectivity index (χ1) is 19.6. The van der Waals surface area contributed by atoms with Crippen LogP contribution in [0.2, 0.25) is 5.02 Å². The maximum Gasteiger partial charge on any atom is 0.262 e. The number of anilines is 1. The molecule has 1 unspecified atom stereocenters. The van der Waals surface area contributed by atoms with Gasteiger partial charge in [0.05, 0.1) is 28.1 Å². The molecule has 1 spiro atoms. The lowest BCUT2D eigenvalue weighted by Crippen LogP contribution is -2.49. The van der Waals surface area contributed by atoms with Crippen molar-refractivity contribution in [3.05, 3.63) is 81.7 Å². The van der Waals surface area contributed by atoms with Crippen molar-refractivity contribution in [1.29, 1.82) is 0 Å². The maximum absolute atomic E-state index is 13.5. The summed E-state index contributed by atoms with van der Waals surface area (Å²) < 4.78 is 22.7. The fourth-order valence-electron chi connectivity index (χ4n) is 7.10. The summed E-state index contributed by atoms with van der Waals surface area (Å²) in [6, 6.07) is 11.6. The molecule has 2 heterocycles.